The molecule has 4 aliphatic heterocycles. The Balaban J connectivity index is 0.750. The summed E-state index contributed by atoms with van der Waals surface area (Å²) in [4.78, 5) is 62.0. The quantitative estimate of drug-likeness (QED) is 0.194. The normalized spacial score (nSPS) is 18.6. The number of nitrogens with one attached hydrogen (secondary N) is 2. The van der Waals surface area contributed by atoms with E-state index in [0.717, 1.165) is 101 Å². The van der Waals surface area contributed by atoms with E-state index in [1.807, 2.05) is 48.5 Å². The molecule has 0 saturated carbocycles. The predicted octanol–water partition coefficient (Wildman–Crippen LogP) is 5.55. The van der Waals surface area contributed by atoms with Crippen molar-refractivity contribution in [2.75, 3.05) is 68.0 Å². The molecule has 58 heavy (non-hydrogen) atoms. The van der Waals surface area contributed by atoms with E-state index in [9.17, 15) is 14.4 Å². The molecule has 6 heterocycles. The predicted molar refractivity (Wildman–Crippen MR) is 225 cm³/mol. The van der Waals surface area contributed by atoms with Gasteiger partial charge >= 0.3 is 0 Å². The van der Waals surface area contributed by atoms with Crippen LogP contribution < -0.4 is 20.3 Å². The molecule has 2 amide bonds. The Morgan fingerprint density at radius 3 is 2.59 bits per heavy atom. The van der Waals surface area contributed by atoms with Crippen LogP contribution in [0.25, 0.3) is 22.0 Å². The number of carbonyl (C=O) groups excluding carboxylic acids is 3. The number of aromatic nitrogens is 3. The average molecular weight is 778 g/mol. The van der Waals surface area contributed by atoms with Gasteiger partial charge in [0, 0.05) is 98.9 Å². The van der Waals surface area contributed by atoms with Crippen LogP contribution in [0.15, 0.2) is 78.0 Å². The lowest BCUT2D eigenvalue weighted by atomic mass is 9.94. The van der Waals surface area contributed by atoms with Crippen molar-refractivity contribution in [3.8, 4) is 17.0 Å². The molecular weight excluding hydrogens is 731 g/mol. The molecular formula is C45H47N9O4. The monoisotopic (exact) mass is 777 g/mol. The summed E-state index contributed by atoms with van der Waals surface area (Å²) in [5, 5.41) is 7.72. The van der Waals surface area contributed by atoms with Crippen molar-refractivity contribution in [3.63, 3.8) is 0 Å². The van der Waals surface area contributed by atoms with Crippen molar-refractivity contribution in [3.05, 3.63) is 95.3 Å². The van der Waals surface area contributed by atoms with Crippen LogP contribution in [-0.4, -0.2) is 107 Å². The van der Waals surface area contributed by atoms with Gasteiger partial charge in [0.15, 0.2) is 5.78 Å². The maximum atomic E-state index is 13.3. The molecule has 2 saturated heterocycles. The van der Waals surface area contributed by atoms with Gasteiger partial charge in [-0.15, -0.1) is 0 Å². The number of piperazine rings is 1. The second-order valence-electron chi connectivity index (χ2n) is 15.8. The number of fused-ring (bicyclic) bond motifs is 2. The Morgan fingerprint density at radius 1 is 0.948 bits per heavy atom. The number of ether oxygens (including phenoxy) is 1. The van der Waals surface area contributed by atoms with E-state index in [1.165, 1.54) is 11.9 Å². The third-order valence-electron chi connectivity index (χ3n) is 12.0. The van der Waals surface area contributed by atoms with E-state index < -0.39 is 0 Å². The van der Waals surface area contributed by atoms with Gasteiger partial charge in [0.25, 0.3) is 0 Å². The summed E-state index contributed by atoms with van der Waals surface area (Å²) < 4.78 is 5.71. The molecule has 2 fully saturated rings. The van der Waals surface area contributed by atoms with Gasteiger partial charge in [-0.25, -0.2) is 19.9 Å². The van der Waals surface area contributed by atoms with Gasteiger partial charge in [0.2, 0.25) is 23.6 Å². The smallest absolute Gasteiger partial charge is 0.249 e. The van der Waals surface area contributed by atoms with Crippen LogP contribution in [0.4, 0.5) is 23.0 Å². The summed E-state index contributed by atoms with van der Waals surface area (Å²) in [7, 11) is 0. The van der Waals surface area contributed by atoms with Crippen molar-refractivity contribution in [1.82, 2.24) is 24.8 Å². The van der Waals surface area contributed by atoms with Gasteiger partial charge in [0.1, 0.15) is 12.3 Å². The van der Waals surface area contributed by atoms with Crippen LogP contribution >= 0.6 is 0 Å². The summed E-state index contributed by atoms with van der Waals surface area (Å²) in [5.41, 5.74) is 10.1. The zero-order valence-electron chi connectivity index (χ0n) is 32.9. The first-order chi connectivity index (χ1) is 28.2. The average Bonchev–Trinajstić information content (AvgIpc) is 3.38. The second-order valence-corrected chi connectivity index (χ2v) is 15.8. The molecule has 1 atom stereocenters. The molecule has 2 aromatic heterocycles. The molecule has 9 rings (SSSR count). The third-order valence-corrected chi connectivity index (χ3v) is 12.0. The number of benzene rings is 3. The van der Waals surface area contributed by atoms with E-state index in [2.05, 4.69) is 78.7 Å². The van der Waals surface area contributed by atoms with Gasteiger partial charge in [0.05, 0.1) is 18.2 Å². The van der Waals surface area contributed by atoms with Crippen LogP contribution in [-0.2, 0) is 27.2 Å². The van der Waals surface area contributed by atoms with Crippen LogP contribution in [0.2, 0.25) is 0 Å². The first-order valence-corrected chi connectivity index (χ1v) is 20.2. The molecule has 0 spiro atoms. The Bertz CT molecular complexity index is 2420. The SMILES string of the molecule is Cc1cc(Nc2ncc3ccc(-c4cnc5c(c4C)NCCO5)cc3n2)ccc1CC(=O)N1CC(N2CCN(c3ccc(CC4CCC(=O)C=NC4=O)cc3)CC2)C1. The van der Waals surface area contributed by atoms with Crippen molar-refractivity contribution in [1.29, 1.82) is 0 Å². The Hall–Kier alpha value is -6.21. The van der Waals surface area contributed by atoms with Gasteiger partial charge in [-0.2, -0.15) is 0 Å². The largest absolute Gasteiger partial charge is 0.474 e. The number of amides is 2. The standard InChI is InChI=1S/C45H47N9O4/c1-28-19-35(50-45-49-23-34-6-5-32(21-40(34)51-45)39-25-48-44-42(29(39)2)46-13-18-58-44)9-7-31(28)22-41(56)54-26-37(27-54)53-16-14-52(15-17-53)36-10-3-30(4-11-36)20-33-8-12-38(55)24-47-43(33)57/h3-7,9-11,19,21,23-25,33,37,46H,8,12-18,20,22,26-27H2,1-2H3,(H,49,50,51). The Labute approximate surface area is 337 Å². The molecule has 0 bridgehead atoms. The van der Waals surface area contributed by atoms with Crippen LogP contribution in [0.1, 0.15) is 35.1 Å². The summed E-state index contributed by atoms with van der Waals surface area (Å²) in [6.07, 6.45) is 6.76. The number of nitrogens with zero attached hydrogens (tertiary/aromatic N) is 7. The summed E-state index contributed by atoms with van der Waals surface area (Å²) in [6, 6.07) is 21.1. The van der Waals surface area contributed by atoms with Crippen molar-refractivity contribution < 1.29 is 19.1 Å². The lowest BCUT2D eigenvalue weighted by Crippen LogP contribution is -2.64. The molecule has 1 unspecified atom stereocenters. The fourth-order valence-electron chi connectivity index (χ4n) is 8.44. The summed E-state index contributed by atoms with van der Waals surface area (Å²) in [5.74, 6) is 0.785. The number of anilines is 4. The molecule has 13 heteroatoms. The Morgan fingerprint density at radius 2 is 1.78 bits per heavy atom. The topological polar surface area (TPSA) is 145 Å². The number of likely N-dealkylation sites (tertiary alicyclic amines) is 1. The number of aliphatic imine (C=N–C) groups is 1. The lowest BCUT2D eigenvalue weighted by molar-refractivity contribution is -0.138. The maximum Gasteiger partial charge on any atom is 0.249 e. The summed E-state index contributed by atoms with van der Waals surface area (Å²) in [6.45, 7) is 10.8. The van der Waals surface area contributed by atoms with E-state index in [1.54, 1.807) is 0 Å². The van der Waals surface area contributed by atoms with E-state index >= 15 is 0 Å². The van der Waals surface area contributed by atoms with Crippen molar-refractivity contribution >= 4 is 57.7 Å². The molecule has 3 aromatic carbocycles. The minimum absolute atomic E-state index is 0.0771. The number of carbonyl (C=O) groups is 3. The number of hydrogen-bond acceptors (Lipinski definition) is 11. The minimum atomic E-state index is -0.241. The number of pyridine rings is 1. The molecule has 2 N–H and O–H groups in total. The van der Waals surface area contributed by atoms with Crippen LogP contribution in [0.3, 0.4) is 0 Å². The number of aryl methyl sites for hydroxylation is 1. The highest BCUT2D eigenvalue weighted by Crippen LogP contribution is 2.36. The molecule has 296 valence electrons. The first-order valence-electron chi connectivity index (χ1n) is 20.2. The van der Waals surface area contributed by atoms with E-state index in [4.69, 9.17) is 9.72 Å². The maximum absolute atomic E-state index is 13.3. The van der Waals surface area contributed by atoms with E-state index in [-0.39, 0.29) is 23.5 Å². The van der Waals surface area contributed by atoms with Crippen molar-refractivity contribution in [2.45, 2.75) is 45.6 Å². The highest BCUT2D eigenvalue weighted by atomic mass is 16.5. The number of ketones is 1. The number of hydrogen-bond donors (Lipinski definition) is 2. The van der Waals surface area contributed by atoms with Crippen molar-refractivity contribution in [2.24, 2.45) is 10.9 Å². The van der Waals surface area contributed by atoms with Crippen LogP contribution in [0.5, 0.6) is 5.88 Å². The zero-order valence-corrected chi connectivity index (χ0v) is 32.9. The zero-order chi connectivity index (χ0) is 39.8. The number of rotatable bonds is 9. The molecule has 0 aliphatic carbocycles. The molecule has 13 nitrogen and oxygen atoms in total. The fraction of sp³-hybridized carbons (Fsp3) is 0.356. The second kappa shape index (κ2) is 16.0. The third kappa shape index (κ3) is 7.86. The fourth-order valence-corrected chi connectivity index (χ4v) is 8.44. The lowest BCUT2D eigenvalue weighted by Gasteiger charge is -2.48. The molecule has 0 radical (unpaired) electrons. The highest BCUT2D eigenvalue weighted by Gasteiger charge is 2.36. The first kappa shape index (κ1) is 37.4. The van der Waals surface area contributed by atoms with Crippen LogP contribution in [0, 0.1) is 19.8 Å². The molecule has 4 aliphatic rings. The Kier molecular flexibility index (Phi) is 10.3. The molecule has 5 aromatic rings. The van der Waals surface area contributed by atoms with Gasteiger partial charge < -0.3 is 25.2 Å². The highest BCUT2D eigenvalue weighted by molar-refractivity contribution is 6.29. The van der Waals surface area contributed by atoms with Gasteiger partial charge in [-0.3, -0.25) is 19.3 Å². The van der Waals surface area contributed by atoms with E-state index in [0.29, 0.717) is 50.2 Å². The van der Waals surface area contributed by atoms with Gasteiger partial charge in [-0.1, -0.05) is 30.3 Å². The number of Topliss-reactive ketones (excluding diaryl/α,β-unsaturated/α-hetero) is 1. The summed E-state index contributed by atoms with van der Waals surface area (Å²) >= 11 is 0. The van der Waals surface area contributed by atoms with Gasteiger partial charge in [-0.05, 0) is 84.8 Å². The minimum Gasteiger partial charge on any atom is -0.474 e.